The standard InChI is InChI=1S/C11H10Cl2O/c1-7-3-5-9(6-4-7)10(14)8(2)11(12)13/h3-6H,1-2H3. The Bertz CT molecular complexity index is 373. The zero-order chi connectivity index (χ0) is 10.7. The largest absolute Gasteiger partial charge is 0.289 e. The van der Waals surface area contributed by atoms with Gasteiger partial charge in [-0.1, -0.05) is 53.0 Å². The Balaban J connectivity index is 3.02. The van der Waals surface area contributed by atoms with E-state index in [1.165, 1.54) is 0 Å². The van der Waals surface area contributed by atoms with Gasteiger partial charge in [0.05, 0.1) is 0 Å². The van der Waals surface area contributed by atoms with Crippen LogP contribution >= 0.6 is 23.2 Å². The summed E-state index contributed by atoms with van der Waals surface area (Å²) in [7, 11) is 0. The van der Waals surface area contributed by atoms with E-state index in [1.54, 1.807) is 19.1 Å². The van der Waals surface area contributed by atoms with Crippen molar-refractivity contribution in [2.75, 3.05) is 0 Å². The van der Waals surface area contributed by atoms with Gasteiger partial charge in [0.1, 0.15) is 4.49 Å². The first-order valence-corrected chi connectivity index (χ1v) is 4.91. The molecule has 0 amide bonds. The number of carbonyl (C=O) groups is 1. The fourth-order valence-corrected chi connectivity index (χ4v) is 1.18. The number of rotatable bonds is 2. The van der Waals surface area contributed by atoms with Crippen LogP contribution in [0.5, 0.6) is 0 Å². The molecular formula is C11H10Cl2O. The van der Waals surface area contributed by atoms with E-state index in [0.717, 1.165) is 5.56 Å². The van der Waals surface area contributed by atoms with E-state index < -0.39 is 0 Å². The lowest BCUT2D eigenvalue weighted by atomic mass is 10.0. The van der Waals surface area contributed by atoms with Crippen LogP contribution in [0.1, 0.15) is 22.8 Å². The molecule has 74 valence electrons. The number of carbonyl (C=O) groups excluding carboxylic acids is 1. The minimum atomic E-state index is -0.134. The molecule has 0 fully saturated rings. The van der Waals surface area contributed by atoms with Crippen molar-refractivity contribution in [3.05, 3.63) is 45.5 Å². The summed E-state index contributed by atoms with van der Waals surface area (Å²) in [6.45, 7) is 3.57. The highest BCUT2D eigenvalue weighted by Gasteiger charge is 2.10. The van der Waals surface area contributed by atoms with E-state index in [4.69, 9.17) is 23.2 Å². The van der Waals surface area contributed by atoms with Crippen molar-refractivity contribution in [2.45, 2.75) is 13.8 Å². The Kier molecular flexibility index (Phi) is 3.73. The van der Waals surface area contributed by atoms with Crippen molar-refractivity contribution >= 4 is 29.0 Å². The molecule has 1 aromatic carbocycles. The maximum Gasteiger partial charge on any atom is 0.191 e. The Hall–Kier alpha value is -0.790. The van der Waals surface area contributed by atoms with Gasteiger partial charge in [0.15, 0.2) is 5.78 Å². The second-order valence-electron chi connectivity index (χ2n) is 3.08. The first-order valence-electron chi connectivity index (χ1n) is 4.15. The minimum Gasteiger partial charge on any atom is -0.289 e. The molecule has 0 bridgehead atoms. The predicted octanol–water partition coefficient (Wildman–Crippen LogP) is 3.89. The number of hydrogen-bond acceptors (Lipinski definition) is 1. The van der Waals surface area contributed by atoms with Gasteiger partial charge in [-0.05, 0) is 13.8 Å². The molecule has 0 atom stereocenters. The van der Waals surface area contributed by atoms with E-state index in [0.29, 0.717) is 11.1 Å². The fraction of sp³-hybridized carbons (Fsp3) is 0.182. The van der Waals surface area contributed by atoms with Crippen LogP contribution in [0.3, 0.4) is 0 Å². The molecule has 0 radical (unpaired) electrons. The molecule has 3 heteroatoms. The molecule has 0 aliphatic heterocycles. The van der Waals surface area contributed by atoms with Gasteiger partial charge in [-0.3, -0.25) is 4.79 Å². The first-order chi connectivity index (χ1) is 6.52. The minimum absolute atomic E-state index is 0.0237. The van der Waals surface area contributed by atoms with Crippen LogP contribution in [0.4, 0.5) is 0 Å². The average molecular weight is 229 g/mol. The number of aryl methyl sites for hydroxylation is 1. The third-order valence-electron chi connectivity index (χ3n) is 1.94. The van der Waals surface area contributed by atoms with E-state index in [-0.39, 0.29) is 10.3 Å². The fourth-order valence-electron chi connectivity index (χ4n) is 1.01. The van der Waals surface area contributed by atoms with Crippen LogP contribution in [-0.2, 0) is 0 Å². The number of Topliss-reactive ketones (excluding diaryl/α,β-unsaturated/α-hetero) is 1. The molecule has 1 aromatic rings. The van der Waals surface area contributed by atoms with Crippen LogP contribution in [-0.4, -0.2) is 5.78 Å². The molecule has 0 saturated heterocycles. The number of ketones is 1. The Labute approximate surface area is 93.3 Å². The third-order valence-corrected chi connectivity index (χ3v) is 2.50. The monoisotopic (exact) mass is 228 g/mol. The highest BCUT2D eigenvalue weighted by molar-refractivity contribution is 6.57. The second kappa shape index (κ2) is 4.63. The van der Waals surface area contributed by atoms with Gasteiger partial charge in [-0.25, -0.2) is 0 Å². The Morgan fingerprint density at radius 3 is 2.07 bits per heavy atom. The van der Waals surface area contributed by atoms with Gasteiger partial charge in [0, 0.05) is 11.1 Å². The lowest BCUT2D eigenvalue weighted by Gasteiger charge is -2.01. The molecule has 0 N–H and O–H groups in total. The lowest BCUT2D eigenvalue weighted by Crippen LogP contribution is -2.00. The van der Waals surface area contributed by atoms with Gasteiger partial charge in [-0.15, -0.1) is 0 Å². The summed E-state index contributed by atoms with van der Waals surface area (Å²) in [6.07, 6.45) is 0. The van der Waals surface area contributed by atoms with Crippen LogP contribution in [0.15, 0.2) is 34.3 Å². The molecule has 0 aromatic heterocycles. The van der Waals surface area contributed by atoms with Gasteiger partial charge in [0.2, 0.25) is 0 Å². The maximum atomic E-state index is 11.7. The van der Waals surface area contributed by atoms with Crippen LogP contribution in [0.25, 0.3) is 0 Å². The third kappa shape index (κ3) is 2.60. The Morgan fingerprint density at radius 1 is 1.14 bits per heavy atom. The van der Waals surface area contributed by atoms with Gasteiger partial charge < -0.3 is 0 Å². The summed E-state index contributed by atoms with van der Waals surface area (Å²) in [5.74, 6) is -0.134. The molecule has 1 rings (SSSR count). The van der Waals surface area contributed by atoms with Crippen molar-refractivity contribution in [3.8, 4) is 0 Å². The smallest absolute Gasteiger partial charge is 0.191 e. The SMILES string of the molecule is CC(C(=O)c1ccc(C)cc1)=C(Cl)Cl. The zero-order valence-corrected chi connectivity index (χ0v) is 9.49. The van der Waals surface area contributed by atoms with Crippen molar-refractivity contribution in [1.82, 2.24) is 0 Å². The molecule has 0 spiro atoms. The van der Waals surface area contributed by atoms with Crippen molar-refractivity contribution < 1.29 is 4.79 Å². The van der Waals surface area contributed by atoms with Gasteiger partial charge in [0.25, 0.3) is 0 Å². The summed E-state index contributed by atoms with van der Waals surface area (Å²) < 4.78 is 0.0237. The molecule has 0 heterocycles. The topological polar surface area (TPSA) is 17.1 Å². The molecular weight excluding hydrogens is 219 g/mol. The summed E-state index contributed by atoms with van der Waals surface area (Å²) in [6, 6.07) is 7.28. The van der Waals surface area contributed by atoms with Gasteiger partial charge >= 0.3 is 0 Å². The predicted molar refractivity (Wildman–Crippen MR) is 59.9 cm³/mol. The zero-order valence-electron chi connectivity index (χ0n) is 7.97. The summed E-state index contributed by atoms with van der Waals surface area (Å²) in [5, 5.41) is 0. The van der Waals surface area contributed by atoms with E-state index in [1.807, 2.05) is 19.1 Å². The maximum absolute atomic E-state index is 11.7. The number of allylic oxidation sites excluding steroid dienone is 1. The number of hydrogen-bond donors (Lipinski definition) is 0. The van der Waals surface area contributed by atoms with Gasteiger partial charge in [-0.2, -0.15) is 0 Å². The molecule has 1 nitrogen and oxygen atoms in total. The molecule has 14 heavy (non-hydrogen) atoms. The Morgan fingerprint density at radius 2 is 1.64 bits per heavy atom. The molecule has 0 unspecified atom stereocenters. The quantitative estimate of drug-likeness (QED) is 0.555. The van der Waals surface area contributed by atoms with Crippen LogP contribution in [0, 0.1) is 6.92 Å². The highest BCUT2D eigenvalue weighted by Crippen LogP contribution is 2.18. The van der Waals surface area contributed by atoms with Crippen molar-refractivity contribution in [3.63, 3.8) is 0 Å². The summed E-state index contributed by atoms with van der Waals surface area (Å²) in [4.78, 5) is 11.7. The normalized spacial score (nSPS) is 9.71. The second-order valence-corrected chi connectivity index (χ2v) is 4.03. The van der Waals surface area contributed by atoms with Crippen molar-refractivity contribution in [1.29, 1.82) is 0 Å². The number of benzene rings is 1. The molecule has 0 aliphatic carbocycles. The summed E-state index contributed by atoms with van der Waals surface area (Å²) >= 11 is 11.1. The van der Waals surface area contributed by atoms with Crippen LogP contribution < -0.4 is 0 Å². The first kappa shape index (κ1) is 11.3. The van der Waals surface area contributed by atoms with E-state index in [9.17, 15) is 4.79 Å². The molecule has 0 aliphatic rings. The average Bonchev–Trinajstić information content (AvgIpc) is 2.16. The number of halogens is 2. The van der Waals surface area contributed by atoms with E-state index >= 15 is 0 Å². The van der Waals surface area contributed by atoms with Crippen molar-refractivity contribution in [2.24, 2.45) is 0 Å². The summed E-state index contributed by atoms with van der Waals surface area (Å²) in [5.41, 5.74) is 2.09. The highest BCUT2D eigenvalue weighted by atomic mass is 35.5. The lowest BCUT2D eigenvalue weighted by molar-refractivity contribution is 0.103. The molecule has 0 saturated carbocycles. The van der Waals surface area contributed by atoms with E-state index in [2.05, 4.69) is 0 Å². The van der Waals surface area contributed by atoms with Crippen LogP contribution in [0.2, 0.25) is 0 Å².